The molecule has 2 heterocycles. The van der Waals surface area contributed by atoms with Crippen molar-refractivity contribution in [3.8, 4) is 0 Å². The van der Waals surface area contributed by atoms with Crippen LogP contribution in [0.5, 0.6) is 0 Å². The van der Waals surface area contributed by atoms with Crippen LogP contribution in [0.3, 0.4) is 0 Å². The molecule has 33 heavy (non-hydrogen) atoms. The monoisotopic (exact) mass is 465 g/mol. The van der Waals surface area contributed by atoms with Crippen LogP contribution in [0.2, 0.25) is 0 Å². The Morgan fingerprint density at radius 2 is 1.64 bits per heavy atom. The predicted octanol–water partition coefficient (Wildman–Crippen LogP) is 4.04. The van der Waals surface area contributed by atoms with E-state index in [1.54, 1.807) is 4.90 Å². The molecule has 1 aliphatic heterocycles. The van der Waals surface area contributed by atoms with Gasteiger partial charge >= 0.3 is 0 Å². The molecule has 4 rings (SSSR count). The highest BCUT2D eigenvalue weighted by molar-refractivity contribution is 7.91. The van der Waals surface area contributed by atoms with Gasteiger partial charge in [-0.15, -0.1) is 0 Å². The molecule has 0 N–H and O–H groups in total. The van der Waals surface area contributed by atoms with E-state index in [1.165, 1.54) is 0 Å². The molecule has 0 radical (unpaired) electrons. The van der Waals surface area contributed by atoms with E-state index in [1.807, 2.05) is 62.0 Å². The van der Waals surface area contributed by atoms with Gasteiger partial charge < -0.3 is 4.90 Å². The van der Waals surface area contributed by atoms with Crippen molar-refractivity contribution in [1.82, 2.24) is 14.7 Å². The van der Waals surface area contributed by atoms with Gasteiger partial charge in [0.05, 0.1) is 23.2 Å². The van der Waals surface area contributed by atoms with Crippen molar-refractivity contribution in [2.45, 2.75) is 45.2 Å². The first-order chi connectivity index (χ1) is 15.7. The maximum atomic E-state index is 13.3. The third-order valence-electron chi connectivity index (χ3n) is 6.63. The number of aromatic nitrogens is 2. The number of benzene rings is 2. The summed E-state index contributed by atoms with van der Waals surface area (Å²) in [5.41, 5.74) is 5.02. The lowest BCUT2D eigenvalue weighted by Gasteiger charge is -2.23. The second-order valence-electron chi connectivity index (χ2n) is 8.98. The third kappa shape index (κ3) is 5.19. The van der Waals surface area contributed by atoms with E-state index >= 15 is 0 Å². The Kier molecular flexibility index (Phi) is 6.70. The summed E-state index contributed by atoms with van der Waals surface area (Å²) in [4.78, 5) is 15.1. The van der Waals surface area contributed by atoms with E-state index in [9.17, 15) is 13.2 Å². The third-order valence-corrected chi connectivity index (χ3v) is 8.38. The van der Waals surface area contributed by atoms with Crippen LogP contribution in [0, 0.1) is 13.8 Å². The van der Waals surface area contributed by atoms with Gasteiger partial charge in [0.1, 0.15) is 0 Å². The lowest BCUT2D eigenvalue weighted by molar-refractivity contribution is -0.130. The molecule has 0 unspecified atom stereocenters. The zero-order valence-corrected chi connectivity index (χ0v) is 20.3. The number of amides is 1. The largest absolute Gasteiger partial charge is 0.341 e. The Bertz CT molecular complexity index is 1180. The van der Waals surface area contributed by atoms with Gasteiger partial charge in [0.25, 0.3) is 0 Å². The van der Waals surface area contributed by atoms with Crippen LogP contribution in [0.25, 0.3) is 0 Å². The van der Waals surface area contributed by atoms with Crippen LogP contribution < -0.4 is 0 Å². The number of carbonyl (C=O) groups excluding carboxylic acids is 1. The van der Waals surface area contributed by atoms with E-state index in [-0.39, 0.29) is 29.4 Å². The van der Waals surface area contributed by atoms with E-state index in [2.05, 4.69) is 29.4 Å². The zero-order valence-electron chi connectivity index (χ0n) is 19.4. The highest BCUT2D eigenvalue weighted by Gasteiger charge is 2.32. The van der Waals surface area contributed by atoms with Crippen molar-refractivity contribution in [3.05, 3.63) is 88.7 Å². The molecule has 3 aromatic rings. The summed E-state index contributed by atoms with van der Waals surface area (Å²) in [7, 11) is -1.17. The Labute approximate surface area is 196 Å². The van der Waals surface area contributed by atoms with Crippen LogP contribution in [0.15, 0.2) is 60.7 Å². The number of hydrogen-bond acceptors (Lipinski definition) is 4. The average molecular weight is 466 g/mol. The van der Waals surface area contributed by atoms with Crippen molar-refractivity contribution in [2.75, 3.05) is 18.6 Å². The Morgan fingerprint density at radius 1 is 1.06 bits per heavy atom. The second-order valence-corrected chi connectivity index (χ2v) is 11.2. The zero-order chi connectivity index (χ0) is 23.6. The first kappa shape index (κ1) is 23.2. The van der Waals surface area contributed by atoms with Gasteiger partial charge in [-0.05, 0) is 31.4 Å². The summed E-state index contributed by atoms with van der Waals surface area (Å²) in [6.45, 7) is 4.35. The van der Waals surface area contributed by atoms with E-state index in [0.717, 1.165) is 28.1 Å². The summed E-state index contributed by atoms with van der Waals surface area (Å²) in [5.74, 6) is 0.391. The summed E-state index contributed by atoms with van der Waals surface area (Å²) >= 11 is 0. The van der Waals surface area contributed by atoms with Crippen LogP contribution in [-0.2, 0) is 21.2 Å². The van der Waals surface area contributed by atoms with Gasteiger partial charge in [-0.25, -0.2) is 8.42 Å². The molecule has 1 fully saturated rings. The number of hydrogen-bond donors (Lipinski definition) is 0. The quantitative estimate of drug-likeness (QED) is 0.528. The van der Waals surface area contributed by atoms with Crippen molar-refractivity contribution in [2.24, 2.45) is 0 Å². The number of sulfone groups is 1. The van der Waals surface area contributed by atoms with E-state index in [4.69, 9.17) is 0 Å². The average Bonchev–Trinajstić information content (AvgIpc) is 3.31. The summed E-state index contributed by atoms with van der Waals surface area (Å²) < 4.78 is 25.7. The maximum Gasteiger partial charge on any atom is 0.223 e. The summed E-state index contributed by atoms with van der Waals surface area (Å²) in [6.07, 6.45) is 0.964. The fourth-order valence-corrected chi connectivity index (χ4v) is 6.40. The van der Waals surface area contributed by atoms with Gasteiger partial charge in [0.15, 0.2) is 9.84 Å². The Hall–Kier alpha value is -2.93. The molecular weight excluding hydrogens is 434 g/mol. The van der Waals surface area contributed by atoms with Gasteiger partial charge in [0.2, 0.25) is 5.91 Å². The minimum atomic E-state index is -2.99. The SMILES string of the molecule is Cc1nn([C@H]2CCS(=O)(=O)C2)c(C)c1CN(C)C(=O)CC(c1ccccc1)c1ccccc1. The normalized spacial score (nSPS) is 17.4. The second kappa shape index (κ2) is 9.51. The molecule has 1 amide bonds. The molecule has 1 aromatic heterocycles. The number of aryl methyl sites for hydroxylation is 1. The van der Waals surface area contributed by atoms with E-state index in [0.29, 0.717) is 19.4 Å². The van der Waals surface area contributed by atoms with Crippen molar-refractivity contribution in [3.63, 3.8) is 0 Å². The fourth-order valence-electron chi connectivity index (χ4n) is 4.70. The van der Waals surface area contributed by atoms with Gasteiger partial charge in [0, 0.05) is 37.2 Å². The fraction of sp³-hybridized carbons (Fsp3) is 0.385. The predicted molar refractivity (Wildman–Crippen MR) is 130 cm³/mol. The van der Waals surface area contributed by atoms with E-state index < -0.39 is 9.84 Å². The molecule has 174 valence electrons. The maximum absolute atomic E-state index is 13.3. The van der Waals surface area contributed by atoms with Crippen molar-refractivity contribution < 1.29 is 13.2 Å². The van der Waals surface area contributed by atoms with Crippen LogP contribution in [0.1, 0.15) is 52.9 Å². The number of nitrogens with zero attached hydrogens (tertiary/aromatic N) is 3. The van der Waals surface area contributed by atoms with Gasteiger partial charge in [-0.3, -0.25) is 9.48 Å². The molecule has 7 heteroatoms. The summed E-state index contributed by atoms with van der Waals surface area (Å²) in [6, 6.07) is 20.1. The topological polar surface area (TPSA) is 72.3 Å². The summed E-state index contributed by atoms with van der Waals surface area (Å²) in [5, 5.41) is 4.64. The minimum absolute atomic E-state index is 0.0176. The molecule has 1 aliphatic rings. The molecule has 0 aliphatic carbocycles. The Morgan fingerprint density at radius 3 is 2.15 bits per heavy atom. The molecule has 1 saturated heterocycles. The van der Waals surface area contributed by atoms with Crippen LogP contribution >= 0.6 is 0 Å². The lowest BCUT2D eigenvalue weighted by atomic mass is 9.88. The first-order valence-corrected chi connectivity index (χ1v) is 13.2. The molecule has 6 nitrogen and oxygen atoms in total. The number of carbonyl (C=O) groups is 1. The highest BCUT2D eigenvalue weighted by Crippen LogP contribution is 2.30. The smallest absolute Gasteiger partial charge is 0.223 e. The lowest BCUT2D eigenvalue weighted by Crippen LogP contribution is -2.28. The highest BCUT2D eigenvalue weighted by atomic mass is 32.2. The molecule has 0 saturated carbocycles. The number of rotatable bonds is 7. The standard InChI is InChI=1S/C26H31N3O3S/c1-19-25(20(2)29(27-19)23-14-15-33(31,32)18-23)17-28(3)26(30)16-24(21-10-6-4-7-11-21)22-12-8-5-9-13-22/h4-13,23-24H,14-18H2,1-3H3/t23-/m0/s1. The molecule has 0 spiro atoms. The minimum Gasteiger partial charge on any atom is -0.341 e. The van der Waals surface area contributed by atoms with Crippen LogP contribution in [0.4, 0.5) is 0 Å². The first-order valence-electron chi connectivity index (χ1n) is 11.3. The van der Waals surface area contributed by atoms with Crippen LogP contribution in [-0.4, -0.2) is 47.6 Å². The molecule has 0 bridgehead atoms. The molecule has 2 aromatic carbocycles. The van der Waals surface area contributed by atoms with Crippen molar-refractivity contribution in [1.29, 1.82) is 0 Å². The van der Waals surface area contributed by atoms with Gasteiger partial charge in [-0.1, -0.05) is 60.7 Å². The van der Waals surface area contributed by atoms with Gasteiger partial charge in [-0.2, -0.15) is 5.10 Å². The molecule has 1 atom stereocenters. The van der Waals surface area contributed by atoms with Crippen molar-refractivity contribution >= 4 is 15.7 Å². The molecular formula is C26H31N3O3S. The Balaban J connectivity index is 1.51.